The minimum atomic E-state index is -4.46. The highest BCUT2D eigenvalue weighted by atomic mass is 35.5. The van der Waals surface area contributed by atoms with Gasteiger partial charge in [0.2, 0.25) is 0 Å². The van der Waals surface area contributed by atoms with Crippen LogP contribution in [-0.2, 0) is 6.18 Å². The smallest absolute Gasteiger partial charge is 0.278 e. The van der Waals surface area contributed by atoms with Gasteiger partial charge in [-0.15, -0.1) is 5.10 Å². The van der Waals surface area contributed by atoms with Crippen molar-refractivity contribution < 1.29 is 17.6 Å². The molecule has 0 aliphatic rings. The van der Waals surface area contributed by atoms with Gasteiger partial charge in [-0.2, -0.15) is 13.2 Å². The molecule has 3 nitrogen and oxygen atoms in total. The molecule has 0 aromatic carbocycles. The monoisotopic (exact) mass is 186 g/mol. The highest BCUT2D eigenvalue weighted by molar-refractivity contribution is 6.07. The van der Waals surface area contributed by atoms with Gasteiger partial charge in [0.05, 0.1) is 6.20 Å². The van der Waals surface area contributed by atoms with Gasteiger partial charge in [-0.1, -0.05) is 4.85 Å². The van der Waals surface area contributed by atoms with Gasteiger partial charge < -0.3 is 0 Å². The summed E-state index contributed by atoms with van der Waals surface area (Å²) in [6.45, 7) is 0. The predicted octanol–water partition coefficient (Wildman–Crippen LogP) is 1.48. The van der Waals surface area contributed by atoms with Crippen molar-refractivity contribution >= 4 is 11.9 Å². The molecule has 1 rings (SSSR count). The second kappa shape index (κ2) is 2.61. The molecule has 0 bridgehead atoms. The van der Waals surface area contributed by atoms with Gasteiger partial charge >= 0.3 is 6.18 Å². The molecular weight excluding hydrogens is 185 g/mol. The van der Waals surface area contributed by atoms with Crippen molar-refractivity contribution in [2.24, 2.45) is 0 Å². The van der Waals surface area contributed by atoms with Crippen LogP contribution in [-0.4, -0.2) is 9.94 Å². The third-order valence-electron chi connectivity index (χ3n) is 0.927. The van der Waals surface area contributed by atoms with E-state index in [9.17, 15) is 13.2 Å². The predicted molar refractivity (Wildman–Crippen MR) is 29.7 cm³/mol. The molecule has 0 amide bonds. The van der Waals surface area contributed by atoms with Crippen molar-refractivity contribution in [3.05, 3.63) is 18.0 Å². The van der Waals surface area contributed by atoms with Crippen LogP contribution in [0.25, 0.3) is 0 Å². The van der Waals surface area contributed by atoms with E-state index in [1.54, 1.807) is 0 Å². The van der Waals surface area contributed by atoms with Crippen LogP contribution in [0.4, 0.5) is 13.2 Å². The van der Waals surface area contributed by atoms with Gasteiger partial charge in [-0.25, -0.2) is 0 Å². The first-order valence-electron chi connectivity index (χ1n) is 2.46. The fourth-order valence-corrected chi connectivity index (χ4v) is 0.574. The summed E-state index contributed by atoms with van der Waals surface area (Å²) in [6.07, 6.45) is -3.50. The van der Waals surface area contributed by atoms with E-state index in [-0.39, 0.29) is 0 Å². The molecule has 0 aliphatic carbocycles. The number of halogens is 4. The zero-order valence-electron chi connectivity index (χ0n) is 4.97. The fraction of sp³-hybridized carbons (Fsp3) is 0.250. The van der Waals surface area contributed by atoms with Crippen molar-refractivity contribution in [1.29, 1.82) is 0 Å². The van der Waals surface area contributed by atoms with E-state index in [0.29, 0.717) is 4.85 Å². The van der Waals surface area contributed by atoms with Crippen LogP contribution in [0.3, 0.4) is 0 Å². The summed E-state index contributed by atoms with van der Waals surface area (Å²) in [5.41, 5.74) is -1.04. The van der Waals surface area contributed by atoms with Gasteiger partial charge in [-0.05, 0) is 6.07 Å². The first-order valence-corrected chi connectivity index (χ1v) is 2.77. The summed E-state index contributed by atoms with van der Waals surface area (Å²) < 4.78 is 39.2. The lowest BCUT2D eigenvalue weighted by Gasteiger charge is -1.99. The first kappa shape index (κ1) is 8.19. The van der Waals surface area contributed by atoms with E-state index < -0.39 is 11.9 Å². The molecule has 0 N–H and O–H groups in total. The molecule has 0 saturated carbocycles. The molecule has 0 fully saturated rings. The maximum absolute atomic E-state index is 11.8. The lowest BCUT2D eigenvalue weighted by atomic mass is 10.4. The van der Waals surface area contributed by atoms with Crippen molar-refractivity contribution in [2.75, 3.05) is 0 Å². The average molecular weight is 187 g/mol. The van der Waals surface area contributed by atoms with Crippen LogP contribution in [0.5, 0.6) is 0 Å². The molecule has 0 spiro atoms. The number of rotatable bonds is 1. The summed E-state index contributed by atoms with van der Waals surface area (Å²) in [4.78, 5) is 0.504. The Morgan fingerprint density at radius 3 is 2.45 bits per heavy atom. The molecule has 1 aromatic heterocycles. The molecule has 0 radical (unpaired) electrons. The standard InChI is InChI=1S/C4H2ClF3N2O/c5-11-10-2-1-3(9-10)4(6,7)8/h1-2H. The summed E-state index contributed by atoms with van der Waals surface area (Å²) in [7, 11) is 0. The number of aromatic nitrogens is 2. The average Bonchev–Trinajstić information content (AvgIpc) is 2.32. The second-order valence-electron chi connectivity index (χ2n) is 1.67. The Kier molecular flexibility index (Phi) is 1.95. The van der Waals surface area contributed by atoms with E-state index in [0.717, 1.165) is 12.3 Å². The van der Waals surface area contributed by atoms with Crippen molar-refractivity contribution in [1.82, 2.24) is 9.94 Å². The molecule has 7 heteroatoms. The highest BCUT2D eigenvalue weighted by Crippen LogP contribution is 2.26. The van der Waals surface area contributed by atoms with Gasteiger partial charge in [0.15, 0.2) is 17.6 Å². The minimum absolute atomic E-state index is 0.504. The number of alkyl halides is 3. The van der Waals surface area contributed by atoms with Gasteiger partial charge in [0.1, 0.15) is 0 Å². The normalized spacial score (nSPS) is 11.6. The highest BCUT2D eigenvalue weighted by Gasteiger charge is 2.33. The van der Waals surface area contributed by atoms with E-state index in [1.807, 2.05) is 0 Å². The van der Waals surface area contributed by atoms with Crippen LogP contribution in [0.1, 0.15) is 5.69 Å². The Hall–Kier alpha value is -0.910. The zero-order valence-corrected chi connectivity index (χ0v) is 5.73. The first-order chi connectivity index (χ1) is 5.04. The summed E-state index contributed by atoms with van der Waals surface area (Å²) in [6, 6.07) is 0.752. The quantitative estimate of drug-likeness (QED) is 0.664. The zero-order chi connectivity index (χ0) is 8.48. The second-order valence-corrected chi connectivity index (χ2v) is 1.81. The Morgan fingerprint density at radius 1 is 1.55 bits per heavy atom. The molecule has 0 atom stereocenters. The Morgan fingerprint density at radius 2 is 2.18 bits per heavy atom. The fourth-order valence-electron chi connectivity index (χ4n) is 0.497. The molecule has 0 unspecified atom stereocenters. The lowest BCUT2D eigenvalue weighted by molar-refractivity contribution is -0.142. The Labute approximate surface area is 64.4 Å². The topological polar surface area (TPSA) is 27.1 Å². The number of hydrogen-bond acceptors (Lipinski definition) is 2. The van der Waals surface area contributed by atoms with E-state index in [4.69, 9.17) is 11.9 Å². The Balaban J connectivity index is 2.89. The van der Waals surface area contributed by atoms with Gasteiger partial charge in [0.25, 0.3) is 0 Å². The summed E-state index contributed by atoms with van der Waals surface area (Å²) in [5.74, 6) is 0. The molecule has 0 aliphatic heterocycles. The molecule has 1 aromatic rings. The maximum Gasteiger partial charge on any atom is 0.435 e. The van der Waals surface area contributed by atoms with Crippen LogP contribution in [0, 0.1) is 0 Å². The van der Waals surface area contributed by atoms with E-state index >= 15 is 0 Å². The van der Waals surface area contributed by atoms with E-state index in [2.05, 4.69) is 9.49 Å². The molecular formula is C4H2ClF3N2O. The van der Waals surface area contributed by atoms with Crippen LogP contribution < -0.4 is 4.39 Å². The largest absolute Gasteiger partial charge is 0.435 e. The third-order valence-corrected chi connectivity index (χ3v) is 1.07. The molecule has 1 heterocycles. The molecule has 11 heavy (non-hydrogen) atoms. The lowest BCUT2D eigenvalue weighted by Crippen LogP contribution is -2.08. The SMILES string of the molecule is FC(F)(F)c1ccn(OCl)n1. The minimum Gasteiger partial charge on any atom is -0.278 e. The van der Waals surface area contributed by atoms with Gasteiger partial charge in [-0.3, -0.25) is 4.39 Å². The van der Waals surface area contributed by atoms with Gasteiger partial charge in [0, 0.05) is 0 Å². The summed E-state index contributed by atoms with van der Waals surface area (Å²) in [5, 5.41) is 2.94. The number of nitrogens with zero attached hydrogens (tertiary/aromatic N) is 2. The van der Waals surface area contributed by atoms with Crippen LogP contribution >= 0.6 is 11.9 Å². The summed E-state index contributed by atoms with van der Waals surface area (Å²) >= 11 is 4.72. The van der Waals surface area contributed by atoms with E-state index in [1.165, 1.54) is 0 Å². The van der Waals surface area contributed by atoms with Crippen molar-refractivity contribution in [3.8, 4) is 0 Å². The molecule has 62 valence electrons. The van der Waals surface area contributed by atoms with Crippen LogP contribution in [0.2, 0.25) is 0 Å². The molecule has 0 saturated heterocycles. The number of hydrogen-bond donors (Lipinski definition) is 0. The van der Waals surface area contributed by atoms with Crippen molar-refractivity contribution in [2.45, 2.75) is 6.18 Å². The van der Waals surface area contributed by atoms with Crippen molar-refractivity contribution in [3.63, 3.8) is 0 Å². The maximum atomic E-state index is 11.8. The van der Waals surface area contributed by atoms with Crippen LogP contribution in [0.15, 0.2) is 12.3 Å². The third kappa shape index (κ3) is 1.76. The Bertz CT molecular complexity index is 246.